The summed E-state index contributed by atoms with van der Waals surface area (Å²) in [5.41, 5.74) is 0. The first kappa shape index (κ1) is 16.2. The fourth-order valence-electron chi connectivity index (χ4n) is 0. The number of carbonyl (C=O) groups is 1. The standard InChI is InChI=1S/C3H7NO.C2H6O.C2H6/c1-3(5)4-2;1-3-2;1-2/h1-2H3,(H,4,5);1-2H3;1-2H3. The van der Waals surface area contributed by atoms with E-state index in [1.807, 2.05) is 13.8 Å². The van der Waals surface area contributed by atoms with Crippen LogP contribution in [0.2, 0.25) is 0 Å². The Morgan fingerprint density at radius 2 is 1.40 bits per heavy atom. The zero-order valence-electron chi connectivity index (χ0n) is 7.82. The topological polar surface area (TPSA) is 38.3 Å². The quantitative estimate of drug-likeness (QED) is 0.559. The monoisotopic (exact) mass is 149 g/mol. The Morgan fingerprint density at radius 3 is 1.40 bits per heavy atom. The van der Waals surface area contributed by atoms with Gasteiger partial charge in [0.05, 0.1) is 0 Å². The van der Waals surface area contributed by atoms with E-state index in [0.29, 0.717) is 0 Å². The third-order valence-electron chi connectivity index (χ3n) is 0.352. The highest BCUT2D eigenvalue weighted by molar-refractivity contribution is 5.72. The number of amides is 1. The summed E-state index contributed by atoms with van der Waals surface area (Å²) in [6, 6.07) is 0. The van der Waals surface area contributed by atoms with E-state index in [4.69, 9.17) is 0 Å². The molecular weight excluding hydrogens is 130 g/mol. The van der Waals surface area contributed by atoms with Gasteiger partial charge >= 0.3 is 0 Å². The van der Waals surface area contributed by atoms with E-state index in [-0.39, 0.29) is 5.91 Å². The van der Waals surface area contributed by atoms with Gasteiger partial charge in [-0.2, -0.15) is 0 Å². The van der Waals surface area contributed by atoms with E-state index in [9.17, 15) is 4.79 Å². The highest BCUT2D eigenvalue weighted by Crippen LogP contribution is 1.45. The molecular formula is C7H19NO2. The van der Waals surface area contributed by atoms with Crippen molar-refractivity contribution in [3.63, 3.8) is 0 Å². The van der Waals surface area contributed by atoms with Gasteiger partial charge in [0.2, 0.25) is 5.91 Å². The van der Waals surface area contributed by atoms with Crippen LogP contribution in [0.25, 0.3) is 0 Å². The highest BCUT2D eigenvalue weighted by atomic mass is 16.4. The maximum absolute atomic E-state index is 9.70. The van der Waals surface area contributed by atoms with Crippen molar-refractivity contribution < 1.29 is 9.53 Å². The van der Waals surface area contributed by atoms with Gasteiger partial charge in [-0.25, -0.2) is 0 Å². The summed E-state index contributed by atoms with van der Waals surface area (Å²) in [5.74, 6) is 0.00463. The molecule has 64 valence electrons. The largest absolute Gasteiger partial charge is 0.388 e. The molecule has 0 radical (unpaired) electrons. The molecule has 0 aliphatic heterocycles. The Morgan fingerprint density at radius 1 is 1.30 bits per heavy atom. The van der Waals surface area contributed by atoms with Gasteiger partial charge < -0.3 is 10.1 Å². The second-order valence-electron chi connectivity index (χ2n) is 1.21. The van der Waals surface area contributed by atoms with E-state index in [0.717, 1.165) is 0 Å². The lowest BCUT2D eigenvalue weighted by Gasteiger charge is -1.80. The lowest BCUT2D eigenvalue weighted by molar-refractivity contribution is -0.118. The van der Waals surface area contributed by atoms with Gasteiger partial charge in [0.1, 0.15) is 0 Å². The summed E-state index contributed by atoms with van der Waals surface area (Å²) in [6.45, 7) is 5.47. The molecule has 0 heterocycles. The molecule has 0 aromatic rings. The number of hydrogen-bond acceptors (Lipinski definition) is 2. The zero-order chi connectivity index (χ0) is 8.99. The van der Waals surface area contributed by atoms with Crippen LogP contribution in [0.4, 0.5) is 0 Å². The van der Waals surface area contributed by atoms with Crippen LogP contribution in [0, 0.1) is 0 Å². The molecule has 0 aliphatic carbocycles. The molecule has 0 aromatic carbocycles. The third-order valence-corrected chi connectivity index (χ3v) is 0.352. The van der Waals surface area contributed by atoms with E-state index in [1.165, 1.54) is 6.92 Å². The second-order valence-corrected chi connectivity index (χ2v) is 1.21. The Balaban J connectivity index is -0.0000000847. The van der Waals surface area contributed by atoms with Crippen LogP contribution in [0.5, 0.6) is 0 Å². The Labute approximate surface area is 63.8 Å². The first-order valence-electron chi connectivity index (χ1n) is 3.27. The first-order chi connectivity index (χ1) is 4.68. The van der Waals surface area contributed by atoms with Gasteiger partial charge in [-0.05, 0) is 0 Å². The van der Waals surface area contributed by atoms with Gasteiger partial charge in [0, 0.05) is 28.2 Å². The number of methoxy groups -OCH3 is 1. The van der Waals surface area contributed by atoms with Crippen LogP contribution in [-0.2, 0) is 9.53 Å². The van der Waals surface area contributed by atoms with Crippen molar-refractivity contribution in [3.05, 3.63) is 0 Å². The smallest absolute Gasteiger partial charge is 0.216 e. The van der Waals surface area contributed by atoms with Gasteiger partial charge in [-0.15, -0.1) is 0 Å². The number of rotatable bonds is 0. The lowest BCUT2D eigenvalue weighted by Crippen LogP contribution is -2.11. The summed E-state index contributed by atoms with van der Waals surface area (Å²) >= 11 is 0. The van der Waals surface area contributed by atoms with Gasteiger partial charge in [0.15, 0.2) is 0 Å². The molecule has 0 rings (SSSR count). The average molecular weight is 149 g/mol. The van der Waals surface area contributed by atoms with E-state index >= 15 is 0 Å². The maximum Gasteiger partial charge on any atom is 0.216 e. The van der Waals surface area contributed by atoms with Crippen LogP contribution in [0.15, 0.2) is 0 Å². The van der Waals surface area contributed by atoms with Crippen molar-refractivity contribution in [2.45, 2.75) is 20.8 Å². The fourth-order valence-corrected chi connectivity index (χ4v) is 0. The van der Waals surface area contributed by atoms with Crippen molar-refractivity contribution in [1.29, 1.82) is 0 Å². The molecule has 0 aliphatic rings. The van der Waals surface area contributed by atoms with Crippen LogP contribution in [0.3, 0.4) is 0 Å². The Kier molecular flexibility index (Phi) is 38.4. The molecule has 3 nitrogen and oxygen atoms in total. The lowest BCUT2D eigenvalue weighted by atomic mass is 10.7. The Bertz CT molecular complexity index is 55.6. The summed E-state index contributed by atoms with van der Waals surface area (Å²) in [5, 5.41) is 2.39. The van der Waals surface area contributed by atoms with Crippen LogP contribution in [0.1, 0.15) is 20.8 Å². The molecule has 0 atom stereocenters. The van der Waals surface area contributed by atoms with Crippen molar-refractivity contribution in [2.75, 3.05) is 21.3 Å². The molecule has 0 bridgehead atoms. The molecule has 0 aromatic heterocycles. The molecule has 0 saturated carbocycles. The van der Waals surface area contributed by atoms with Crippen molar-refractivity contribution >= 4 is 5.91 Å². The number of carbonyl (C=O) groups excluding carboxylic acids is 1. The SMILES string of the molecule is CC.CNC(C)=O.COC. The highest BCUT2D eigenvalue weighted by Gasteiger charge is 1.72. The normalized spacial score (nSPS) is 5.80. The van der Waals surface area contributed by atoms with Crippen molar-refractivity contribution in [2.24, 2.45) is 0 Å². The second kappa shape index (κ2) is 23.7. The minimum Gasteiger partial charge on any atom is -0.388 e. The molecule has 10 heavy (non-hydrogen) atoms. The van der Waals surface area contributed by atoms with Gasteiger partial charge in [-0.1, -0.05) is 13.8 Å². The molecule has 0 spiro atoms. The minimum atomic E-state index is 0.00463. The minimum absolute atomic E-state index is 0.00463. The van der Waals surface area contributed by atoms with Gasteiger partial charge in [0.25, 0.3) is 0 Å². The zero-order valence-corrected chi connectivity index (χ0v) is 7.82. The van der Waals surface area contributed by atoms with Crippen LogP contribution >= 0.6 is 0 Å². The number of nitrogens with one attached hydrogen (secondary N) is 1. The van der Waals surface area contributed by atoms with Crippen molar-refractivity contribution in [3.8, 4) is 0 Å². The number of ether oxygens (including phenoxy) is 1. The third kappa shape index (κ3) is 150. The number of hydrogen-bond donors (Lipinski definition) is 1. The van der Waals surface area contributed by atoms with E-state index in [1.54, 1.807) is 21.3 Å². The summed E-state index contributed by atoms with van der Waals surface area (Å²) in [7, 11) is 4.85. The summed E-state index contributed by atoms with van der Waals surface area (Å²) in [4.78, 5) is 9.70. The van der Waals surface area contributed by atoms with Crippen LogP contribution in [-0.4, -0.2) is 27.2 Å². The Hall–Kier alpha value is -0.570. The fraction of sp³-hybridized carbons (Fsp3) is 0.857. The average Bonchev–Trinajstić information content (AvgIpc) is 1.94. The molecule has 1 amide bonds. The van der Waals surface area contributed by atoms with E-state index in [2.05, 4.69) is 10.1 Å². The predicted octanol–water partition coefficient (Wildman–Crippen LogP) is 1.04. The van der Waals surface area contributed by atoms with Crippen LogP contribution < -0.4 is 5.32 Å². The molecule has 1 N–H and O–H groups in total. The maximum atomic E-state index is 9.70. The van der Waals surface area contributed by atoms with Crippen molar-refractivity contribution in [1.82, 2.24) is 5.32 Å². The summed E-state index contributed by atoms with van der Waals surface area (Å²) in [6.07, 6.45) is 0. The molecule has 0 saturated heterocycles. The predicted molar refractivity (Wildman–Crippen MR) is 44.0 cm³/mol. The molecule has 0 unspecified atom stereocenters. The van der Waals surface area contributed by atoms with E-state index < -0.39 is 0 Å². The molecule has 3 heteroatoms. The molecule has 0 fully saturated rings. The first-order valence-corrected chi connectivity index (χ1v) is 3.27. The summed E-state index contributed by atoms with van der Waals surface area (Å²) < 4.78 is 4.25. The van der Waals surface area contributed by atoms with Gasteiger partial charge in [-0.3, -0.25) is 4.79 Å².